The molecule has 0 radical (unpaired) electrons. The maximum Gasteiger partial charge on any atom is 0.195 e. The third kappa shape index (κ3) is 3.23. The summed E-state index contributed by atoms with van der Waals surface area (Å²) in [6.07, 6.45) is 8.96. The first-order chi connectivity index (χ1) is 9.81. The van der Waals surface area contributed by atoms with E-state index >= 15 is 0 Å². The molecular formula is C15H20N4O. The van der Waals surface area contributed by atoms with Crippen LogP contribution < -0.4 is 5.73 Å². The van der Waals surface area contributed by atoms with Crippen molar-refractivity contribution in [1.29, 1.82) is 0 Å². The smallest absolute Gasteiger partial charge is 0.195 e. The molecule has 0 aromatic carbocycles. The fraction of sp³-hybridized carbons (Fsp3) is 0.467. The largest absolute Gasteiger partial charge is 0.461 e. The van der Waals surface area contributed by atoms with Gasteiger partial charge in [0.05, 0.1) is 6.26 Å². The summed E-state index contributed by atoms with van der Waals surface area (Å²) < 4.78 is 5.29. The van der Waals surface area contributed by atoms with E-state index in [0.29, 0.717) is 17.6 Å². The molecule has 1 fully saturated rings. The molecule has 1 aliphatic rings. The summed E-state index contributed by atoms with van der Waals surface area (Å²) in [5.41, 5.74) is 7.20. The number of furan rings is 1. The molecule has 0 saturated carbocycles. The number of nitrogens with two attached hydrogens (primary N) is 1. The average Bonchev–Trinajstić information content (AvgIpc) is 2.91. The molecule has 2 aromatic rings. The Morgan fingerprint density at radius 3 is 2.90 bits per heavy atom. The van der Waals surface area contributed by atoms with E-state index in [1.54, 1.807) is 6.26 Å². The molecular weight excluding hydrogens is 252 g/mol. The van der Waals surface area contributed by atoms with Gasteiger partial charge >= 0.3 is 0 Å². The summed E-state index contributed by atoms with van der Waals surface area (Å²) in [7, 11) is 0. The molecule has 5 nitrogen and oxygen atoms in total. The van der Waals surface area contributed by atoms with Crippen molar-refractivity contribution < 1.29 is 4.42 Å². The van der Waals surface area contributed by atoms with Crippen molar-refractivity contribution in [2.75, 3.05) is 13.1 Å². The lowest BCUT2D eigenvalue weighted by molar-refractivity contribution is 0.264. The number of hydrogen-bond acceptors (Lipinski definition) is 5. The van der Waals surface area contributed by atoms with Crippen LogP contribution in [-0.2, 0) is 6.54 Å². The van der Waals surface area contributed by atoms with Crippen molar-refractivity contribution >= 4 is 0 Å². The van der Waals surface area contributed by atoms with Crippen molar-refractivity contribution in [2.45, 2.75) is 31.8 Å². The lowest BCUT2D eigenvalue weighted by atomic mass is 10.2. The molecule has 0 aliphatic carbocycles. The van der Waals surface area contributed by atoms with E-state index < -0.39 is 0 Å². The lowest BCUT2D eigenvalue weighted by Gasteiger charge is -2.21. The van der Waals surface area contributed by atoms with Crippen LogP contribution >= 0.6 is 0 Å². The van der Waals surface area contributed by atoms with Gasteiger partial charge in [-0.15, -0.1) is 0 Å². The average molecular weight is 272 g/mol. The number of nitrogens with zero attached hydrogens (tertiary/aromatic N) is 3. The van der Waals surface area contributed by atoms with Crippen LogP contribution in [0.4, 0.5) is 0 Å². The van der Waals surface area contributed by atoms with Gasteiger partial charge in [-0.3, -0.25) is 4.90 Å². The molecule has 1 atom stereocenters. The lowest BCUT2D eigenvalue weighted by Crippen LogP contribution is -2.35. The maximum atomic E-state index is 6.08. The normalized spacial score (nSPS) is 20.8. The zero-order valence-electron chi connectivity index (χ0n) is 11.5. The van der Waals surface area contributed by atoms with Crippen LogP contribution in [0.2, 0.25) is 0 Å². The summed E-state index contributed by atoms with van der Waals surface area (Å²) >= 11 is 0. The highest BCUT2D eigenvalue weighted by molar-refractivity contribution is 5.45. The molecule has 5 heteroatoms. The van der Waals surface area contributed by atoms with Crippen LogP contribution in [0.25, 0.3) is 11.6 Å². The first-order valence-electron chi connectivity index (χ1n) is 7.14. The Kier molecular flexibility index (Phi) is 4.08. The standard InChI is InChI=1S/C15H20N4O/c16-13-4-1-2-6-19(11-13)10-12-8-17-15(18-9-12)14-5-3-7-20-14/h3,5,7-9,13H,1-2,4,6,10-11,16H2/t13-/m1/s1. The molecule has 20 heavy (non-hydrogen) atoms. The van der Waals surface area contributed by atoms with E-state index in [0.717, 1.165) is 31.6 Å². The van der Waals surface area contributed by atoms with E-state index in [2.05, 4.69) is 14.9 Å². The monoisotopic (exact) mass is 272 g/mol. The molecule has 106 valence electrons. The molecule has 0 bridgehead atoms. The molecule has 1 saturated heterocycles. The molecule has 0 unspecified atom stereocenters. The van der Waals surface area contributed by atoms with Crippen LogP contribution in [0.15, 0.2) is 35.2 Å². The van der Waals surface area contributed by atoms with Crippen molar-refractivity contribution in [2.24, 2.45) is 5.73 Å². The van der Waals surface area contributed by atoms with Crippen LogP contribution in [0.1, 0.15) is 24.8 Å². The van der Waals surface area contributed by atoms with E-state index in [1.807, 2.05) is 24.5 Å². The highest BCUT2D eigenvalue weighted by atomic mass is 16.3. The predicted octanol–water partition coefficient (Wildman–Crippen LogP) is 2.05. The minimum atomic E-state index is 0.292. The summed E-state index contributed by atoms with van der Waals surface area (Å²) in [5.74, 6) is 1.33. The van der Waals surface area contributed by atoms with Gasteiger partial charge in [0, 0.05) is 37.1 Å². The van der Waals surface area contributed by atoms with Gasteiger partial charge < -0.3 is 10.2 Å². The van der Waals surface area contributed by atoms with Crippen LogP contribution in [0.5, 0.6) is 0 Å². The second-order valence-corrected chi connectivity index (χ2v) is 5.38. The van der Waals surface area contributed by atoms with Gasteiger partial charge in [0.15, 0.2) is 11.6 Å². The Hall–Kier alpha value is -1.72. The van der Waals surface area contributed by atoms with Gasteiger partial charge in [-0.2, -0.15) is 0 Å². The molecule has 2 aromatic heterocycles. The third-order valence-corrected chi connectivity index (χ3v) is 3.65. The summed E-state index contributed by atoms with van der Waals surface area (Å²) in [5, 5.41) is 0. The number of rotatable bonds is 3. The quantitative estimate of drug-likeness (QED) is 0.926. The fourth-order valence-corrected chi connectivity index (χ4v) is 2.63. The molecule has 1 aliphatic heterocycles. The maximum absolute atomic E-state index is 6.08. The minimum Gasteiger partial charge on any atom is -0.461 e. The van der Waals surface area contributed by atoms with E-state index in [-0.39, 0.29) is 0 Å². The first-order valence-corrected chi connectivity index (χ1v) is 7.14. The van der Waals surface area contributed by atoms with Gasteiger partial charge in [0.2, 0.25) is 0 Å². The third-order valence-electron chi connectivity index (χ3n) is 3.65. The number of likely N-dealkylation sites (tertiary alicyclic amines) is 1. The summed E-state index contributed by atoms with van der Waals surface area (Å²) in [6.45, 7) is 2.93. The van der Waals surface area contributed by atoms with Gasteiger partial charge in [-0.25, -0.2) is 9.97 Å². The zero-order chi connectivity index (χ0) is 13.8. The molecule has 3 heterocycles. The SMILES string of the molecule is N[C@@H]1CCCCN(Cc2cnc(-c3ccco3)nc2)C1. The molecule has 0 spiro atoms. The van der Waals surface area contributed by atoms with E-state index in [4.69, 9.17) is 10.2 Å². The highest BCUT2D eigenvalue weighted by Gasteiger charge is 2.15. The summed E-state index contributed by atoms with van der Waals surface area (Å²) in [4.78, 5) is 11.1. The van der Waals surface area contributed by atoms with Crippen LogP contribution in [0.3, 0.4) is 0 Å². The van der Waals surface area contributed by atoms with Crippen LogP contribution in [-0.4, -0.2) is 34.0 Å². The van der Waals surface area contributed by atoms with Crippen molar-refractivity contribution in [3.8, 4) is 11.6 Å². The second-order valence-electron chi connectivity index (χ2n) is 5.38. The topological polar surface area (TPSA) is 68.2 Å². The molecule has 0 amide bonds. The van der Waals surface area contributed by atoms with E-state index in [1.165, 1.54) is 12.8 Å². The van der Waals surface area contributed by atoms with Crippen molar-refractivity contribution in [3.63, 3.8) is 0 Å². The number of hydrogen-bond donors (Lipinski definition) is 1. The minimum absolute atomic E-state index is 0.292. The Balaban J connectivity index is 1.65. The molecule has 3 rings (SSSR count). The fourth-order valence-electron chi connectivity index (χ4n) is 2.63. The van der Waals surface area contributed by atoms with Crippen LogP contribution in [0, 0.1) is 0 Å². The first kappa shape index (κ1) is 13.3. The van der Waals surface area contributed by atoms with Gasteiger partial charge in [-0.1, -0.05) is 6.42 Å². The summed E-state index contributed by atoms with van der Waals surface area (Å²) in [6, 6.07) is 3.99. The van der Waals surface area contributed by atoms with Crippen molar-refractivity contribution in [1.82, 2.24) is 14.9 Å². The van der Waals surface area contributed by atoms with Gasteiger partial charge in [0.25, 0.3) is 0 Å². The Morgan fingerprint density at radius 1 is 1.30 bits per heavy atom. The van der Waals surface area contributed by atoms with Gasteiger partial charge in [0.1, 0.15) is 0 Å². The Labute approximate surface area is 118 Å². The molecule has 2 N–H and O–H groups in total. The highest BCUT2D eigenvalue weighted by Crippen LogP contribution is 2.16. The van der Waals surface area contributed by atoms with Crippen molar-refractivity contribution in [3.05, 3.63) is 36.4 Å². The Bertz CT molecular complexity index is 523. The van der Waals surface area contributed by atoms with E-state index in [9.17, 15) is 0 Å². The van der Waals surface area contributed by atoms with Gasteiger partial charge in [-0.05, 0) is 31.5 Å². The Morgan fingerprint density at radius 2 is 2.15 bits per heavy atom. The zero-order valence-corrected chi connectivity index (χ0v) is 11.5. The predicted molar refractivity (Wildman–Crippen MR) is 76.8 cm³/mol. The number of aromatic nitrogens is 2. The second kappa shape index (κ2) is 6.15.